The Morgan fingerprint density at radius 1 is 1.33 bits per heavy atom. The van der Waals surface area contributed by atoms with Crippen LogP contribution in [-0.2, 0) is 6.54 Å². The third kappa shape index (κ3) is 2.43. The van der Waals surface area contributed by atoms with Gasteiger partial charge in [0.05, 0.1) is 5.52 Å². The Balaban J connectivity index is 2.31. The Morgan fingerprint density at radius 3 is 2.83 bits per heavy atom. The monoisotopic (exact) mass is 271 g/mol. The molecule has 0 aliphatic heterocycles. The number of aromatic nitrogens is 2. The summed E-state index contributed by atoms with van der Waals surface area (Å²) in [5.41, 5.74) is 6.31. The number of fused-ring (bicyclic) bond motifs is 1. The second-order valence-corrected chi connectivity index (χ2v) is 5.04. The van der Waals surface area contributed by atoms with Crippen molar-refractivity contribution in [2.45, 2.75) is 19.4 Å². The van der Waals surface area contributed by atoms with E-state index in [9.17, 15) is 8.78 Å². The Bertz CT molecular complexity index is 554. The molecule has 1 heterocycles. The van der Waals surface area contributed by atoms with Crippen LogP contribution >= 0.6 is 11.8 Å². The zero-order valence-corrected chi connectivity index (χ0v) is 10.9. The number of rotatable bonds is 5. The van der Waals surface area contributed by atoms with Crippen molar-refractivity contribution in [3.8, 4) is 0 Å². The molecule has 1 aromatic carbocycles. The Morgan fingerprint density at radius 2 is 2.11 bits per heavy atom. The number of hydrogen-bond acceptors (Lipinski definition) is 3. The number of benzene rings is 1. The van der Waals surface area contributed by atoms with Crippen molar-refractivity contribution in [3.63, 3.8) is 0 Å². The van der Waals surface area contributed by atoms with E-state index in [1.165, 1.54) is 6.07 Å². The van der Waals surface area contributed by atoms with Gasteiger partial charge in [0.25, 0.3) is 0 Å². The van der Waals surface area contributed by atoms with Crippen LogP contribution in [0, 0.1) is 11.6 Å². The number of aryl methyl sites for hydroxylation is 1. The fourth-order valence-corrected chi connectivity index (χ4v) is 2.41. The summed E-state index contributed by atoms with van der Waals surface area (Å²) in [5, 5.41) is 0. The summed E-state index contributed by atoms with van der Waals surface area (Å²) in [6, 6.07) is 2.52. The maximum atomic E-state index is 13.8. The van der Waals surface area contributed by atoms with Crippen molar-refractivity contribution in [3.05, 3.63) is 23.8 Å². The predicted octanol–water partition coefficient (Wildman–Crippen LogP) is 3.04. The maximum absolute atomic E-state index is 13.8. The molecule has 0 aliphatic carbocycles. The molecule has 6 heteroatoms. The second-order valence-electron chi connectivity index (χ2n) is 4.05. The summed E-state index contributed by atoms with van der Waals surface area (Å²) in [6.45, 7) is 0.559. The number of imidazole rings is 1. The lowest BCUT2D eigenvalue weighted by Gasteiger charge is -2.06. The minimum atomic E-state index is -0.874. The van der Waals surface area contributed by atoms with E-state index in [1.807, 2.05) is 6.26 Å². The van der Waals surface area contributed by atoms with Gasteiger partial charge in [0.15, 0.2) is 11.6 Å². The fourth-order valence-electron chi connectivity index (χ4n) is 1.92. The molecular formula is C12H15F2N3S. The Kier molecular flexibility index (Phi) is 4.06. The molecule has 0 fully saturated rings. The molecule has 1 aromatic heterocycles. The summed E-state index contributed by atoms with van der Waals surface area (Å²) in [7, 11) is 0. The highest BCUT2D eigenvalue weighted by atomic mass is 32.2. The predicted molar refractivity (Wildman–Crippen MR) is 71.7 cm³/mol. The highest BCUT2D eigenvalue weighted by Gasteiger charge is 2.15. The van der Waals surface area contributed by atoms with Crippen LogP contribution in [0.15, 0.2) is 12.1 Å². The number of halogens is 2. The van der Waals surface area contributed by atoms with Crippen LogP contribution in [0.5, 0.6) is 0 Å². The molecule has 0 radical (unpaired) electrons. The third-order valence-electron chi connectivity index (χ3n) is 2.81. The topological polar surface area (TPSA) is 43.8 Å². The number of thioether (sulfide) groups is 1. The zero-order chi connectivity index (χ0) is 13.1. The number of hydrogen-bond donors (Lipinski definition) is 1. The smallest absolute Gasteiger partial charge is 0.201 e. The molecule has 2 rings (SSSR count). The first-order chi connectivity index (χ1) is 8.65. The molecule has 0 bridgehead atoms. The summed E-state index contributed by atoms with van der Waals surface area (Å²) in [5.74, 6) is -0.461. The number of unbranched alkanes of at least 4 members (excludes halogenated alkanes) is 1. The quantitative estimate of drug-likeness (QED) is 0.850. The Labute approximate surface area is 108 Å². The van der Waals surface area contributed by atoms with Crippen molar-refractivity contribution in [1.29, 1.82) is 0 Å². The molecule has 3 nitrogen and oxygen atoms in total. The molecule has 0 saturated heterocycles. The van der Waals surface area contributed by atoms with Gasteiger partial charge < -0.3 is 10.3 Å². The summed E-state index contributed by atoms with van der Waals surface area (Å²) in [4.78, 5) is 4.04. The minimum Gasteiger partial charge on any atom is -0.369 e. The molecule has 0 unspecified atom stereocenters. The molecule has 98 valence electrons. The van der Waals surface area contributed by atoms with Gasteiger partial charge >= 0.3 is 0 Å². The lowest BCUT2D eigenvalue weighted by atomic mass is 10.2. The van der Waals surface area contributed by atoms with E-state index in [0.717, 1.165) is 24.7 Å². The zero-order valence-electron chi connectivity index (χ0n) is 10.1. The van der Waals surface area contributed by atoms with E-state index in [0.29, 0.717) is 12.1 Å². The highest BCUT2D eigenvalue weighted by molar-refractivity contribution is 7.98. The first-order valence-electron chi connectivity index (χ1n) is 5.73. The van der Waals surface area contributed by atoms with Gasteiger partial charge in [-0.15, -0.1) is 0 Å². The lowest BCUT2D eigenvalue weighted by molar-refractivity contribution is 0.510. The molecule has 2 N–H and O–H groups in total. The van der Waals surface area contributed by atoms with E-state index in [-0.39, 0.29) is 11.5 Å². The molecule has 2 aromatic rings. The van der Waals surface area contributed by atoms with Gasteiger partial charge in [0, 0.05) is 6.54 Å². The standard InChI is InChI=1S/C12H15F2N3S/c1-18-7-3-2-6-17-11-9(16-12(17)15)5-4-8(13)10(11)14/h4-5H,2-3,6-7H2,1H3,(H2,15,16). The van der Waals surface area contributed by atoms with Gasteiger partial charge in [-0.1, -0.05) is 0 Å². The molecule has 0 atom stereocenters. The van der Waals surface area contributed by atoms with Crippen LogP contribution in [0.3, 0.4) is 0 Å². The molecular weight excluding hydrogens is 256 g/mol. The van der Waals surface area contributed by atoms with Crippen LogP contribution in [0.4, 0.5) is 14.7 Å². The molecule has 18 heavy (non-hydrogen) atoms. The van der Waals surface area contributed by atoms with E-state index < -0.39 is 11.6 Å². The van der Waals surface area contributed by atoms with Crippen LogP contribution in [-0.4, -0.2) is 21.6 Å². The van der Waals surface area contributed by atoms with Gasteiger partial charge in [-0.05, 0) is 37.0 Å². The number of nitrogen functional groups attached to an aromatic ring is 1. The first-order valence-corrected chi connectivity index (χ1v) is 7.13. The van der Waals surface area contributed by atoms with Crippen molar-refractivity contribution >= 4 is 28.7 Å². The second kappa shape index (κ2) is 5.56. The lowest BCUT2D eigenvalue weighted by Crippen LogP contribution is -2.05. The largest absolute Gasteiger partial charge is 0.369 e. The molecule has 0 saturated carbocycles. The molecule has 0 aliphatic rings. The fraction of sp³-hybridized carbons (Fsp3) is 0.417. The van der Waals surface area contributed by atoms with E-state index >= 15 is 0 Å². The third-order valence-corrected chi connectivity index (χ3v) is 3.51. The van der Waals surface area contributed by atoms with Crippen molar-refractivity contribution in [1.82, 2.24) is 9.55 Å². The highest BCUT2D eigenvalue weighted by Crippen LogP contribution is 2.23. The van der Waals surface area contributed by atoms with E-state index in [2.05, 4.69) is 4.98 Å². The molecule has 0 amide bonds. The van der Waals surface area contributed by atoms with Crippen molar-refractivity contribution in [2.75, 3.05) is 17.7 Å². The van der Waals surface area contributed by atoms with Crippen LogP contribution in [0.2, 0.25) is 0 Å². The SMILES string of the molecule is CSCCCCn1c(N)nc2ccc(F)c(F)c21. The summed E-state index contributed by atoms with van der Waals surface area (Å²) >= 11 is 1.76. The van der Waals surface area contributed by atoms with E-state index in [4.69, 9.17) is 5.73 Å². The van der Waals surface area contributed by atoms with Crippen molar-refractivity contribution < 1.29 is 8.78 Å². The number of nitrogens with two attached hydrogens (primary N) is 1. The first kappa shape index (κ1) is 13.1. The summed E-state index contributed by atoms with van der Waals surface area (Å²) < 4.78 is 28.5. The average Bonchev–Trinajstić information content (AvgIpc) is 2.67. The van der Waals surface area contributed by atoms with Crippen LogP contribution < -0.4 is 5.73 Å². The molecule has 0 spiro atoms. The van der Waals surface area contributed by atoms with Crippen LogP contribution in [0.25, 0.3) is 11.0 Å². The van der Waals surface area contributed by atoms with Gasteiger partial charge in [0.2, 0.25) is 5.95 Å². The van der Waals surface area contributed by atoms with Gasteiger partial charge in [-0.25, -0.2) is 13.8 Å². The minimum absolute atomic E-state index is 0.164. The van der Waals surface area contributed by atoms with Gasteiger partial charge in [-0.3, -0.25) is 0 Å². The normalized spacial score (nSPS) is 11.3. The Hall–Kier alpha value is -1.30. The van der Waals surface area contributed by atoms with E-state index in [1.54, 1.807) is 16.3 Å². The van der Waals surface area contributed by atoms with Crippen molar-refractivity contribution in [2.24, 2.45) is 0 Å². The number of anilines is 1. The van der Waals surface area contributed by atoms with Gasteiger partial charge in [-0.2, -0.15) is 11.8 Å². The summed E-state index contributed by atoms with van der Waals surface area (Å²) in [6.07, 6.45) is 3.92. The van der Waals surface area contributed by atoms with Crippen LogP contribution in [0.1, 0.15) is 12.8 Å². The number of nitrogens with zero attached hydrogens (tertiary/aromatic N) is 2. The average molecular weight is 271 g/mol. The maximum Gasteiger partial charge on any atom is 0.201 e. The van der Waals surface area contributed by atoms with Gasteiger partial charge in [0.1, 0.15) is 5.52 Å².